The Morgan fingerprint density at radius 3 is 2.49 bits per heavy atom. The zero-order valence-electron chi connectivity index (χ0n) is 23.3. The molecule has 1 aliphatic carbocycles. The van der Waals surface area contributed by atoms with Crippen molar-refractivity contribution in [3.05, 3.63) is 57.2 Å². The van der Waals surface area contributed by atoms with Crippen LogP contribution in [0.15, 0.2) is 35.9 Å². The van der Waals surface area contributed by atoms with E-state index in [4.69, 9.17) is 4.74 Å². The minimum atomic E-state index is -0.779. The van der Waals surface area contributed by atoms with Crippen LogP contribution in [0.5, 0.6) is 11.5 Å². The molecule has 37 heavy (non-hydrogen) atoms. The molecule has 0 heterocycles. The number of likely N-dealkylation sites (N-methyl/N-ethyl adjacent to an activating group) is 1. The lowest BCUT2D eigenvalue weighted by atomic mass is 9.72. The molecular weight excluding hydrogens is 587 g/mol. The number of nitrogens with zero attached hydrogens (tertiary/aromatic N) is 2. The van der Waals surface area contributed by atoms with Crippen LogP contribution in [0.2, 0.25) is 0 Å². The van der Waals surface area contributed by atoms with Crippen LogP contribution in [0.3, 0.4) is 0 Å². The highest BCUT2D eigenvalue weighted by molar-refractivity contribution is 5.74. The third kappa shape index (κ3) is 9.92. The summed E-state index contributed by atoms with van der Waals surface area (Å²) in [7, 11) is 5.77. The third-order valence-electron chi connectivity index (χ3n) is 6.84. The highest BCUT2D eigenvalue weighted by Crippen LogP contribution is 2.48. The Kier molecular flexibility index (Phi) is 12.1. The van der Waals surface area contributed by atoms with Crippen LogP contribution in [0.4, 0.5) is 0 Å². The van der Waals surface area contributed by atoms with Crippen molar-refractivity contribution >= 4 is 5.97 Å². The number of halogens is 1. The van der Waals surface area contributed by atoms with Crippen LogP contribution < -0.4 is 28.7 Å². The number of hydrogen-bond donors (Lipinski definition) is 1. The molecule has 1 aromatic rings. The molecule has 1 aliphatic rings. The minimum absolute atomic E-state index is 0. The number of aromatic hydroxyl groups is 1. The largest absolute Gasteiger partial charge is 1.00 e. The Morgan fingerprint density at radius 1 is 1.27 bits per heavy atom. The zero-order chi connectivity index (χ0) is 27.3. The molecule has 0 amide bonds. The number of carbonyl (C=O) groups excluding carboxylic acids is 1. The minimum Gasteiger partial charge on any atom is -1.00 e. The summed E-state index contributed by atoms with van der Waals surface area (Å²) in [5.41, 5.74) is 3.37. The predicted octanol–water partition coefficient (Wildman–Crippen LogP) is 2.68. The number of phenols is 1. The third-order valence-corrected chi connectivity index (χ3v) is 6.84. The van der Waals surface area contributed by atoms with E-state index in [-0.39, 0.29) is 66.1 Å². The van der Waals surface area contributed by atoms with E-state index < -0.39 is 5.09 Å². The molecule has 0 saturated carbocycles. The van der Waals surface area contributed by atoms with Crippen LogP contribution in [-0.2, 0) is 15.0 Å². The summed E-state index contributed by atoms with van der Waals surface area (Å²) in [6, 6.07) is 3.65. The number of unbranched alkanes of at least 4 members (excludes halogenated alkanes) is 1. The highest BCUT2D eigenvalue weighted by atomic mass is 127. The number of rotatable bonds is 12. The highest BCUT2D eigenvalue weighted by Gasteiger charge is 2.33. The van der Waals surface area contributed by atoms with Crippen molar-refractivity contribution in [3.63, 3.8) is 0 Å². The lowest BCUT2D eigenvalue weighted by Gasteiger charge is -2.33. The second kappa shape index (κ2) is 13.6. The Bertz CT molecular complexity index is 1010. The van der Waals surface area contributed by atoms with Crippen LogP contribution in [0.25, 0.3) is 0 Å². The van der Waals surface area contributed by atoms with Gasteiger partial charge in [0.15, 0.2) is 6.54 Å². The lowest BCUT2D eigenvalue weighted by molar-refractivity contribution is -0.862. The molecule has 0 aromatic heterocycles. The van der Waals surface area contributed by atoms with Crippen molar-refractivity contribution in [2.45, 2.75) is 71.1 Å². The van der Waals surface area contributed by atoms with Gasteiger partial charge in [0, 0.05) is 11.5 Å². The fourth-order valence-electron chi connectivity index (χ4n) is 4.82. The van der Waals surface area contributed by atoms with Crippen LogP contribution >= 0.6 is 0 Å². The normalized spacial score (nSPS) is 17.9. The van der Waals surface area contributed by atoms with Crippen LogP contribution in [0.1, 0.15) is 76.8 Å². The maximum atomic E-state index is 12.9. The molecule has 0 unspecified atom stereocenters. The topological polar surface area (TPSA) is 98.9 Å². The van der Waals surface area contributed by atoms with Crippen molar-refractivity contribution in [1.29, 1.82) is 0 Å². The van der Waals surface area contributed by atoms with E-state index in [1.165, 1.54) is 5.57 Å². The fraction of sp³-hybridized carbons (Fsp3) is 0.607. The first kappa shape index (κ1) is 32.9. The fourth-order valence-corrected chi connectivity index (χ4v) is 4.82. The quantitative estimate of drug-likeness (QED) is 0.0558. The number of allylic oxidation sites excluding steroid dienone is 3. The molecule has 0 fully saturated rings. The lowest BCUT2D eigenvalue weighted by Crippen LogP contribution is -3.00. The number of phenolic OH excluding ortho intramolecular Hbond substituents is 1. The maximum absolute atomic E-state index is 12.9. The predicted molar refractivity (Wildman–Crippen MR) is 141 cm³/mol. The molecule has 0 saturated heterocycles. The van der Waals surface area contributed by atoms with E-state index >= 15 is 0 Å². The first-order valence-electron chi connectivity index (χ1n) is 12.6. The first-order chi connectivity index (χ1) is 16.6. The first-order valence-corrected chi connectivity index (χ1v) is 12.6. The van der Waals surface area contributed by atoms with Gasteiger partial charge in [0.25, 0.3) is 5.09 Å². The monoisotopic (exact) mass is 630 g/mol. The van der Waals surface area contributed by atoms with Crippen molar-refractivity contribution < 1.29 is 53.0 Å². The zero-order valence-corrected chi connectivity index (χ0v) is 25.5. The van der Waals surface area contributed by atoms with Gasteiger partial charge in [0.2, 0.25) is 0 Å². The summed E-state index contributed by atoms with van der Waals surface area (Å²) in [6.07, 6.45) is 6.03. The summed E-state index contributed by atoms with van der Waals surface area (Å²) >= 11 is 0. The summed E-state index contributed by atoms with van der Waals surface area (Å²) in [5.74, 6) is 0.122. The molecule has 0 spiro atoms. The molecule has 1 aromatic carbocycles. The smallest absolute Gasteiger partial charge is 0.367 e. The van der Waals surface area contributed by atoms with Crippen molar-refractivity contribution in [3.8, 4) is 11.5 Å². The van der Waals surface area contributed by atoms with Gasteiger partial charge in [-0.3, -0.25) is 0 Å². The number of quaternary nitrogens is 1. The van der Waals surface area contributed by atoms with Crippen molar-refractivity contribution in [1.82, 2.24) is 0 Å². The van der Waals surface area contributed by atoms with Gasteiger partial charge in [-0.2, -0.15) is 0 Å². The summed E-state index contributed by atoms with van der Waals surface area (Å²) < 4.78 is 6.38. The molecule has 2 rings (SSSR count). The van der Waals surface area contributed by atoms with Gasteiger partial charge in [-0.15, -0.1) is 10.1 Å². The van der Waals surface area contributed by atoms with Gasteiger partial charge in [-0.1, -0.05) is 44.1 Å². The SMILES string of the molecule is C=C(C)[C@H]1CCC(C)=C[C@@H]1c1c(O)cc(C(C)(C)CCCCO[N+](=O)[O-])cc1OC(=O)C[N+](C)(C)C.[I-]. The molecule has 9 heteroatoms. The van der Waals surface area contributed by atoms with E-state index in [9.17, 15) is 20.0 Å². The maximum Gasteiger partial charge on any atom is 0.367 e. The molecule has 0 bridgehead atoms. The second-order valence-corrected chi connectivity index (χ2v) is 11.8. The second-order valence-electron chi connectivity index (χ2n) is 11.8. The average Bonchev–Trinajstić information content (AvgIpc) is 2.71. The molecule has 208 valence electrons. The number of ether oxygens (including phenoxy) is 1. The average molecular weight is 631 g/mol. The number of carbonyl (C=O) groups is 1. The molecule has 2 atom stereocenters. The Labute approximate surface area is 238 Å². The summed E-state index contributed by atoms with van der Waals surface area (Å²) in [4.78, 5) is 27.7. The van der Waals surface area contributed by atoms with Crippen LogP contribution in [-0.4, -0.2) is 54.9 Å². The van der Waals surface area contributed by atoms with Crippen molar-refractivity contribution in [2.75, 3.05) is 34.3 Å². The summed E-state index contributed by atoms with van der Waals surface area (Å²) in [5, 5.41) is 20.9. The van der Waals surface area contributed by atoms with E-state index in [1.807, 2.05) is 34.1 Å². The van der Waals surface area contributed by atoms with Crippen molar-refractivity contribution in [2.24, 2.45) is 5.92 Å². The van der Waals surface area contributed by atoms with Gasteiger partial charge in [-0.25, -0.2) is 4.79 Å². The number of hydrogen-bond acceptors (Lipinski definition) is 6. The Hall–Kier alpha value is -2.14. The van der Waals surface area contributed by atoms with Gasteiger partial charge in [-0.05, 0) is 68.6 Å². The molecule has 0 radical (unpaired) electrons. The van der Waals surface area contributed by atoms with Gasteiger partial charge >= 0.3 is 5.97 Å². The molecular formula is C28H43IN2O6. The number of esters is 1. The molecule has 1 N–H and O–H groups in total. The van der Waals surface area contributed by atoms with E-state index in [1.54, 1.807) is 6.07 Å². The van der Waals surface area contributed by atoms with Crippen LogP contribution in [0, 0.1) is 16.0 Å². The van der Waals surface area contributed by atoms with E-state index in [0.29, 0.717) is 28.6 Å². The number of benzene rings is 1. The summed E-state index contributed by atoms with van der Waals surface area (Å²) in [6.45, 7) is 12.6. The van der Waals surface area contributed by atoms with E-state index in [0.717, 1.165) is 30.4 Å². The Morgan fingerprint density at radius 2 is 1.92 bits per heavy atom. The molecule has 8 nitrogen and oxygen atoms in total. The van der Waals surface area contributed by atoms with Gasteiger partial charge < -0.3 is 43.1 Å². The van der Waals surface area contributed by atoms with Gasteiger partial charge in [0.1, 0.15) is 11.5 Å². The Balaban J connectivity index is 0.00000684. The molecule has 0 aliphatic heterocycles. The van der Waals surface area contributed by atoms with E-state index in [2.05, 4.69) is 38.3 Å². The standard InChI is InChI=1S/C28H42N2O6.HI/c1-19(2)22-12-11-20(3)15-23(22)27-24(31)16-21(17-25(27)36-26(32)18-30(6,7)8)28(4,5)13-9-10-14-35-29(33)34;/h15-17,22-23H,1,9-14,18H2,2-8H3;1H/t22-,23+;/m1./s1. The van der Waals surface area contributed by atoms with Gasteiger partial charge in [0.05, 0.1) is 27.7 Å².